The number of guanidine groups is 1. The molecule has 0 amide bonds. The Bertz CT molecular complexity index is 593. The lowest BCUT2D eigenvalue weighted by molar-refractivity contribution is 1.06. The van der Waals surface area contributed by atoms with Gasteiger partial charge in [-0.1, -0.05) is 40.2 Å². The van der Waals surface area contributed by atoms with Crippen LogP contribution in [0, 0.1) is 6.92 Å². The molecule has 98 valence electrons. The Kier molecular flexibility index (Phi) is 4.58. The number of aryl methyl sites for hydroxylation is 1. The van der Waals surface area contributed by atoms with Crippen LogP contribution in [0.4, 0.5) is 5.69 Å². The molecule has 0 aromatic heterocycles. The second-order valence-corrected chi connectivity index (χ2v) is 5.24. The molecule has 0 saturated carbocycles. The predicted molar refractivity (Wildman–Crippen MR) is 84.3 cm³/mol. The number of nitrogens with one attached hydrogen (secondary N) is 1. The SMILES string of the molecule is Cc1cccc(NC(N)=NCc2cccc(Br)c2)c1. The van der Waals surface area contributed by atoms with Crippen molar-refractivity contribution in [1.82, 2.24) is 0 Å². The zero-order valence-electron chi connectivity index (χ0n) is 10.7. The zero-order chi connectivity index (χ0) is 13.7. The van der Waals surface area contributed by atoms with Crippen molar-refractivity contribution in [2.45, 2.75) is 13.5 Å². The van der Waals surface area contributed by atoms with Gasteiger partial charge in [-0.15, -0.1) is 0 Å². The summed E-state index contributed by atoms with van der Waals surface area (Å²) in [6.07, 6.45) is 0. The van der Waals surface area contributed by atoms with Gasteiger partial charge in [-0.3, -0.25) is 0 Å². The topological polar surface area (TPSA) is 50.4 Å². The number of nitrogens with zero attached hydrogens (tertiary/aromatic N) is 1. The number of anilines is 1. The van der Waals surface area contributed by atoms with Crippen molar-refractivity contribution in [1.29, 1.82) is 0 Å². The predicted octanol–water partition coefficient (Wildman–Crippen LogP) is 3.68. The van der Waals surface area contributed by atoms with Crippen LogP contribution < -0.4 is 11.1 Å². The Morgan fingerprint density at radius 3 is 2.74 bits per heavy atom. The molecule has 0 spiro atoms. The van der Waals surface area contributed by atoms with Crippen LogP contribution in [0.5, 0.6) is 0 Å². The van der Waals surface area contributed by atoms with Gasteiger partial charge in [0.1, 0.15) is 0 Å². The normalized spacial score (nSPS) is 11.4. The number of hydrogen-bond acceptors (Lipinski definition) is 1. The van der Waals surface area contributed by atoms with E-state index in [4.69, 9.17) is 5.73 Å². The average molecular weight is 318 g/mol. The molecule has 0 bridgehead atoms. The van der Waals surface area contributed by atoms with Crippen molar-refractivity contribution >= 4 is 27.6 Å². The maximum atomic E-state index is 5.87. The fourth-order valence-corrected chi connectivity index (χ4v) is 2.17. The molecule has 0 aliphatic heterocycles. The number of benzene rings is 2. The third kappa shape index (κ3) is 4.41. The van der Waals surface area contributed by atoms with E-state index in [-0.39, 0.29) is 0 Å². The van der Waals surface area contributed by atoms with Crippen molar-refractivity contribution in [2.75, 3.05) is 5.32 Å². The van der Waals surface area contributed by atoms with Gasteiger partial charge in [0.15, 0.2) is 5.96 Å². The minimum absolute atomic E-state index is 0.422. The number of nitrogens with two attached hydrogens (primary N) is 1. The number of rotatable bonds is 3. The Balaban J connectivity index is 2.00. The molecular weight excluding hydrogens is 302 g/mol. The lowest BCUT2D eigenvalue weighted by atomic mass is 10.2. The molecule has 2 aromatic rings. The molecule has 3 nitrogen and oxygen atoms in total. The summed E-state index contributed by atoms with van der Waals surface area (Å²) in [5.74, 6) is 0.422. The Labute approximate surface area is 121 Å². The van der Waals surface area contributed by atoms with E-state index in [1.54, 1.807) is 0 Å². The van der Waals surface area contributed by atoms with E-state index >= 15 is 0 Å². The van der Waals surface area contributed by atoms with Crippen LogP contribution in [-0.2, 0) is 6.54 Å². The first-order valence-electron chi connectivity index (χ1n) is 6.01. The number of aliphatic imine (C=N–C) groups is 1. The third-order valence-corrected chi connectivity index (χ3v) is 3.10. The van der Waals surface area contributed by atoms with Crippen LogP contribution in [0.25, 0.3) is 0 Å². The molecule has 2 aromatic carbocycles. The van der Waals surface area contributed by atoms with Crippen molar-refractivity contribution in [3.63, 3.8) is 0 Å². The van der Waals surface area contributed by atoms with Gasteiger partial charge in [-0.25, -0.2) is 4.99 Å². The summed E-state index contributed by atoms with van der Waals surface area (Å²) in [5.41, 5.74) is 9.12. The van der Waals surface area contributed by atoms with Crippen molar-refractivity contribution in [3.05, 3.63) is 64.1 Å². The molecule has 0 heterocycles. The zero-order valence-corrected chi connectivity index (χ0v) is 12.3. The van der Waals surface area contributed by atoms with E-state index in [0.29, 0.717) is 12.5 Å². The number of halogens is 1. The van der Waals surface area contributed by atoms with E-state index in [2.05, 4.69) is 26.2 Å². The maximum Gasteiger partial charge on any atom is 0.193 e. The van der Waals surface area contributed by atoms with Gasteiger partial charge < -0.3 is 11.1 Å². The Morgan fingerprint density at radius 2 is 2.00 bits per heavy atom. The van der Waals surface area contributed by atoms with Crippen molar-refractivity contribution in [3.8, 4) is 0 Å². The van der Waals surface area contributed by atoms with E-state index in [9.17, 15) is 0 Å². The standard InChI is InChI=1S/C15H16BrN3/c1-11-4-2-7-14(8-11)19-15(17)18-10-12-5-3-6-13(16)9-12/h2-9H,10H2,1H3,(H3,17,18,19). The highest BCUT2D eigenvalue weighted by Gasteiger charge is 1.96. The Hall–Kier alpha value is -1.81. The molecule has 0 fully saturated rings. The van der Waals surface area contributed by atoms with Crippen LogP contribution in [0.15, 0.2) is 58.0 Å². The lowest BCUT2D eigenvalue weighted by Gasteiger charge is -2.06. The highest BCUT2D eigenvalue weighted by atomic mass is 79.9. The molecule has 0 unspecified atom stereocenters. The highest BCUT2D eigenvalue weighted by molar-refractivity contribution is 9.10. The summed E-state index contributed by atoms with van der Waals surface area (Å²) >= 11 is 3.44. The summed E-state index contributed by atoms with van der Waals surface area (Å²) in [6.45, 7) is 2.60. The molecule has 0 aliphatic rings. The van der Waals surface area contributed by atoms with Crippen molar-refractivity contribution in [2.24, 2.45) is 10.7 Å². The minimum Gasteiger partial charge on any atom is -0.370 e. The summed E-state index contributed by atoms with van der Waals surface area (Å²) in [7, 11) is 0. The van der Waals surface area contributed by atoms with Crippen LogP contribution in [0.1, 0.15) is 11.1 Å². The van der Waals surface area contributed by atoms with E-state index in [1.165, 1.54) is 5.56 Å². The summed E-state index contributed by atoms with van der Waals surface area (Å²) in [5, 5.41) is 3.08. The summed E-state index contributed by atoms with van der Waals surface area (Å²) in [6, 6.07) is 16.0. The highest BCUT2D eigenvalue weighted by Crippen LogP contribution is 2.12. The summed E-state index contributed by atoms with van der Waals surface area (Å²) in [4.78, 5) is 4.32. The fraction of sp³-hybridized carbons (Fsp3) is 0.133. The van der Waals surface area contributed by atoms with E-state index in [0.717, 1.165) is 15.7 Å². The monoisotopic (exact) mass is 317 g/mol. The third-order valence-electron chi connectivity index (χ3n) is 2.61. The van der Waals surface area contributed by atoms with Crippen LogP contribution >= 0.6 is 15.9 Å². The van der Waals surface area contributed by atoms with Gasteiger partial charge in [-0.05, 0) is 42.3 Å². The molecule has 2 rings (SSSR count). The quantitative estimate of drug-likeness (QED) is 0.670. The first-order valence-corrected chi connectivity index (χ1v) is 6.81. The Morgan fingerprint density at radius 1 is 1.21 bits per heavy atom. The fourth-order valence-electron chi connectivity index (χ4n) is 1.72. The average Bonchev–Trinajstić information content (AvgIpc) is 2.36. The van der Waals surface area contributed by atoms with Crippen LogP contribution in [-0.4, -0.2) is 5.96 Å². The number of hydrogen-bond donors (Lipinski definition) is 2. The second-order valence-electron chi connectivity index (χ2n) is 4.33. The van der Waals surface area contributed by atoms with E-state index < -0.39 is 0 Å². The van der Waals surface area contributed by atoms with Gasteiger partial charge in [0.2, 0.25) is 0 Å². The molecule has 0 radical (unpaired) electrons. The van der Waals surface area contributed by atoms with Gasteiger partial charge in [0, 0.05) is 10.2 Å². The molecule has 4 heteroatoms. The molecule has 0 aliphatic carbocycles. The lowest BCUT2D eigenvalue weighted by Crippen LogP contribution is -2.22. The van der Waals surface area contributed by atoms with Crippen LogP contribution in [0.2, 0.25) is 0 Å². The van der Waals surface area contributed by atoms with Gasteiger partial charge >= 0.3 is 0 Å². The minimum atomic E-state index is 0.422. The van der Waals surface area contributed by atoms with Gasteiger partial charge in [0.25, 0.3) is 0 Å². The smallest absolute Gasteiger partial charge is 0.193 e. The van der Waals surface area contributed by atoms with Crippen LogP contribution in [0.3, 0.4) is 0 Å². The van der Waals surface area contributed by atoms with Gasteiger partial charge in [-0.2, -0.15) is 0 Å². The molecule has 19 heavy (non-hydrogen) atoms. The molecule has 0 saturated heterocycles. The second kappa shape index (κ2) is 6.38. The largest absolute Gasteiger partial charge is 0.370 e. The molecule has 3 N–H and O–H groups in total. The first-order chi connectivity index (χ1) is 9.13. The summed E-state index contributed by atoms with van der Waals surface area (Å²) < 4.78 is 1.05. The van der Waals surface area contributed by atoms with E-state index in [1.807, 2.05) is 55.5 Å². The van der Waals surface area contributed by atoms with Crippen molar-refractivity contribution < 1.29 is 0 Å². The van der Waals surface area contributed by atoms with Gasteiger partial charge in [0.05, 0.1) is 6.54 Å². The maximum absolute atomic E-state index is 5.87. The first kappa shape index (κ1) is 13.6. The molecular formula is C15H16BrN3. The molecule has 0 atom stereocenters.